The van der Waals surface area contributed by atoms with E-state index in [0.29, 0.717) is 34.5 Å². The van der Waals surface area contributed by atoms with Crippen molar-refractivity contribution in [2.24, 2.45) is 0 Å². The van der Waals surface area contributed by atoms with E-state index in [1.54, 1.807) is 31.4 Å². The van der Waals surface area contributed by atoms with Crippen molar-refractivity contribution >= 4 is 29.3 Å². The molecule has 3 rings (SSSR count). The lowest BCUT2D eigenvalue weighted by atomic mass is 10.2. The molecule has 0 fully saturated rings. The Morgan fingerprint density at radius 2 is 1.90 bits per heavy atom. The minimum absolute atomic E-state index is 0.155. The van der Waals surface area contributed by atoms with E-state index in [-0.39, 0.29) is 24.1 Å². The van der Waals surface area contributed by atoms with Crippen LogP contribution in [0.1, 0.15) is 23.1 Å². The number of hydrogen-bond donors (Lipinski definition) is 2. The van der Waals surface area contributed by atoms with Crippen molar-refractivity contribution in [2.75, 3.05) is 18.2 Å². The molecule has 1 heterocycles. The monoisotopic (exact) mass is 425 g/mol. The number of carbonyl (C=O) groups excluding carboxylic acids is 2. The summed E-state index contributed by atoms with van der Waals surface area (Å²) in [6.07, 6.45) is 0. The predicted molar refractivity (Wildman–Crippen MR) is 116 cm³/mol. The highest BCUT2D eigenvalue weighted by Crippen LogP contribution is 2.20. The summed E-state index contributed by atoms with van der Waals surface area (Å²) >= 11 is 1.29. The Bertz CT molecular complexity index is 1010. The number of carbonyl (C=O) groups is 2. The number of rotatable bonds is 9. The van der Waals surface area contributed by atoms with Gasteiger partial charge in [0.2, 0.25) is 5.91 Å². The number of methoxy groups -OCH3 is 1. The second kappa shape index (κ2) is 10.4. The number of aromatic nitrogens is 3. The number of anilines is 1. The van der Waals surface area contributed by atoms with Crippen molar-refractivity contribution in [2.45, 2.75) is 25.2 Å². The highest BCUT2D eigenvalue weighted by molar-refractivity contribution is 7.99. The smallest absolute Gasteiger partial charge is 0.251 e. The Hall–Kier alpha value is -3.33. The van der Waals surface area contributed by atoms with Gasteiger partial charge >= 0.3 is 0 Å². The van der Waals surface area contributed by atoms with Gasteiger partial charge in [-0.25, -0.2) is 0 Å². The lowest BCUT2D eigenvalue weighted by Crippen LogP contribution is -2.24. The van der Waals surface area contributed by atoms with E-state index in [1.807, 2.05) is 41.8 Å². The van der Waals surface area contributed by atoms with E-state index < -0.39 is 0 Å². The van der Waals surface area contributed by atoms with E-state index in [1.165, 1.54) is 11.8 Å². The number of nitrogens with one attached hydrogen (secondary N) is 2. The Balaban J connectivity index is 1.56. The van der Waals surface area contributed by atoms with Crippen molar-refractivity contribution < 1.29 is 14.3 Å². The van der Waals surface area contributed by atoms with Crippen LogP contribution in [0.15, 0.2) is 59.8 Å². The van der Waals surface area contributed by atoms with Gasteiger partial charge in [-0.1, -0.05) is 36.0 Å². The van der Waals surface area contributed by atoms with Crippen molar-refractivity contribution in [3.63, 3.8) is 0 Å². The molecule has 2 amide bonds. The van der Waals surface area contributed by atoms with E-state index in [4.69, 9.17) is 4.74 Å². The number of nitrogens with zero attached hydrogens (tertiary/aromatic N) is 3. The van der Waals surface area contributed by atoms with Gasteiger partial charge in [0.25, 0.3) is 5.91 Å². The summed E-state index contributed by atoms with van der Waals surface area (Å²) in [6.45, 7) is 2.85. The summed E-state index contributed by atoms with van der Waals surface area (Å²) in [5.74, 6) is 1.17. The van der Waals surface area contributed by atoms with Gasteiger partial charge in [0.05, 0.1) is 19.4 Å². The van der Waals surface area contributed by atoms with Crippen LogP contribution in [0.3, 0.4) is 0 Å². The molecule has 8 nitrogen and oxygen atoms in total. The minimum Gasteiger partial charge on any atom is -0.497 e. The molecule has 156 valence electrons. The maximum absolute atomic E-state index is 12.3. The van der Waals surface area contributed by atoms with Crippen LogP contribution < -0.4 is 15.4 Å². The first kappa shape index (κ1) is 21.4. The van der Waals surface area contributed by atoms with Gasteiger partial charge in [0, 0.05) is 23.9 Å². The molecule has 3 aromatic rings. The van der Waals surface area contributed by atoms with Crippen LogP contribution in [0.4, 0.5) is 5.69 Å². The summed E-state index contributed by atoms with van der Waals surface area (Å²) in [5.41, 5.74) is 1.25. The predicted octanol–water partition coefficient (Wildman–Crippen LogP) is 2.97. The lowest BCUT2D eigenvalue weighted by Gasteiger charge is -2.09. The molecular weight excluding hydrogens is 402 g/mol. The molecule has 2 N–H and O–H groups in total. The summed E-state index contributed by atoms with van der Waals surface area (Å²) in [4.78, 5) is 24.5. The molecule has 9 heteroatoms. The quantitative estimate of drug-likeness (QED) is 0.512. The molecule has 0 saturated carbocycles. The molecule has 0 radical (unpaired) electrons. The summed E-state index contributed by atoms with van der Waals surface area (Å²) in [6, 6.07) is 16.2. The Morgan fingerprint density at radius 3 is 2.63 bits per heavy atom. The topological polar surface area (TPSA) is 98.1 Å². The standard InChI is InChI=1S/C21H23N5O3S/c1-3-26-18(13-22-20(28)15-8-5-4-6-9-15)24-25-21(26)30-14-19(27)23-16-10-7-11-17(12-16)29-2/h4-12H,3,13-14H2,1-2H3,(H,22,28)(H,23,27). The van der Waals surface area contributed by atoms with Crippen LogP contribution in [0.2, 0.25) is 0 Å². The third-order valence-electron chi connectivity index (χ3n) is 4.24. The van der Waals surface area contributed by atoms with Gasteiger partial charge in [0.1, 0.15) is 5.75 Å². The number of hydrogen-bond acceptors (Lipinski definition) is 6. The van der Waals surface area contributed by atoms with E-state index in [2.05, 4.69) is 20.8 Å². The molecule has 0 aliphatic rings. The number of thioether (sulfide) groups is 1. The average molecular weight is 426 g/mol. The summed E-state index contributed by atoms with van der Waals surface area (Å²) in [7, 11) is 1.58. The summed E-state index contributed by atoms with van der Waals surface area (Å²) < 4.78 is 7.04. The molecule has 0 aliphatic heterocycles. The molecule has 0 saturated heterocycles. The van der Waals surface area contributed by atoms with Gasteiger partial charge in [-0.15, -0.1) is 10.2 Å². The van der Waals surface area contributed by atoms with Crippen molar-refractivity contribution in [1.29, 1.82) is 0 Å². The van der Waals surface area contributed by atoms with Gasteiger partial charge < -0.3 is 19.9 Å². The zero-order valence-corrected chi connectivity index (χ0v) is 17.6. The zero-order valence-electron chi connectivity index (χ0n) is 16.8. The zero-order chi connectivity index (χ0) is 21.3. The largest absolute Gasteiger partial charge is 0.497 e. The van der Waals surface area contributed by atoms with Gasteiger partial charge in [-0.05, 0) is 31.2 Å². The van der Waals surface area contributed by atoms with Gasteiger partial charge in [-0.2, -0.15) is 0 Å². The van der Waals surface area contributed by atoms with Crippen LogP contribution in [-0.2, 0) is 17.9 Å². The third kappa shape index (κ3) is 5.60. The fourth-order valence-corrected chi connectivity index (χ4v) is 3.57. The van der Waals surface area contributed by atoms with E-state index in [0.717, 1.165) is 0 Å². The molecule has 0 unspecified atom stereocenters. The summed E-state index contributed by atoms with van der Waals surface area (Å²) in [5, 5.41) is 14.6. The number of ether oxygens (including phenoxy) is 1. The second-order valence-corrected chi connectivity index (χ2v) is 7.20. The van der Waals surface area contributed by atoms with Crippen molar-refractivity contribution in [3.8, 4) is 5.75 Å². The van der Waals surface area contributed by atoms with E-state index in [9.17, 15) is 9.59 Å². The molecule has 2 aromatic carbocycles. The highest BCUT2D eigenvalue weighted by atomic mass is 32.2. The van der Waals surface area contributed by atoms with Crippen molar-refractivity contribution in [3.05, 3.63) is 66.0 Å². The maximum Gasteiger partial charge on any atom is 0.251 e. The molecule has 0 bridgehead atoms. The minimum atomic E-state index is -0.173. The van der Waals surface area contributed by atoms with Crippen LogP contribution >= 0.6 is 11.8 Å². The Kier molecular flexibility index (Phi) is 7.45. The van der Waals surface area contributed by atoms with Gasteiger partial charge in [-0.3, -0.25) is 9.59 Å². The molecular formula is C21H23N5O3S. The normalized spacial score (nSPS) is 10.5. The highest BCUT2D eigenvalue weighted by Gasteiger charge is 2.14. The Morgan fingerprint density at radius 1 is 1.10 bits per heavy atom. The van der Waals surface area contributed by atoms with Crippen LogP contribution in [0.5, 0.6) is 5.75 Å². The third-order valence-corrected chi connectivity index (χ3v) is 5.21. The van der Waals surface area contributed by atoms with E-state index >= 15 is 0 Å². The van der Waals surface area contributed by atoms with Crippen LogP contribution in [0.25, 0.3) is 0 Å². The van der Waals surface area contributed by atoms with Crippen LogP contribution in [-0.4, -0.2) is 39.4 Å². The fraction of sp³-hybridized carbons (Fsp3) is 0.238. The first-order valence-corrected chi connectivity index (χ1v) is 10.4. The first-order chi connectivity index (χ1) is 14.6. The number of benzene rings is 2. The molecule has 1 aromatic heterocycles. The maximum atomic E-state index is 12.3. The fourth-order valence-electron chi connectivity index (χ4n) is 2.75. The van der Waals surface area contributed by atoms with Crippen molar-refractivity contribution in [1.82, 2.24) is 20.1 Å². The average Bonchev–Trinajstić information content (AvgIpc) is 3.18. The molecule has 0 atom stereocenters. The van der Waals surface area contributed by atoms with Crippen LogP contribution in [0, 0.1) is 0 Å². The second-order valence-electron chi connectivity index (χ2n) is 6.26. The SMILES string of the molecule is CCn1c(CNC(=O)c2ccccc2)nnc1SCC(=O)Nc1cccc(OC)c1. The first-order valence-electron chi connectivity index (χ1n) is 9.42. The molecule has 30 heavy (non-hydrogen) atoms. The molecule has 0 spiro atoms. The van der Waals surface area contributed by atoms with Gasteiger partial charge in [0.15, 0.2) is 11.0 Å². The number of amides is 2. The molecule has 0 aliphatic carbocycles. The lowest BCUT2D eigenvalue weighted by molar-refractivity contribution is -0.113. The Labute approximate surface area is 179 Å².